The van der Waals surface area contributed by atoms with Gasteiger partial charge < -0.3 is 24.8 Å². The van der Waals surface area contributed by atoms with Crippen LogP contribution >= 0.6 is 11.6 Å². The number of nitrogens with one attached hydrogen (secondary N) is 2. The maximum Gasteiger partial charge on any atom is 0.272 e. The molecule has 36 heavy (non-hydrogen) atoms. The van der Waals surface area contributed by atoms with Gasteiger partial charge in [0.05, 0.1) is 11.6 Å². The molecular weight excluding hydrogens is 485 g/mol. The number of halogens is 2. The second-order valence-electron chi connectivity index (χ2n) is 9.55. The van der Waals surface area contributed by atoms with Gasteiger partial charge in [0.15, 0.2) is 11.3 Å². The second-order valence-corrected chi connectivity index (χ2v) is 9.95. The monoisotopic (exact) mass is 515 g/mol. The Bertz CT molecular complexity index is 1280. The zero-order valence-electron chi connectivity index (χ0n) is 20.7. The molecule has 1 aliphatic heterocycles. The smallest absolute Gasteiger partial charge is 0.272 e. The maximum atomic E-state index is 15.2. The summed E-state index contributed by atoms with van der Waals surface area (Å²) in [5.41, 5.74) is 2.16. The van der Waals surface area contributed by atoms with Crippen molar-refractivity contribution in [3.63, 3.8) is 0 Å². The summed E-state index contributed by atoms with van der Waals surface area (Å²) in [5, 5.41) is 15.8. The molecule has 1 aliphatic carbocycles. The molecule has 192 valence electrons. The molecule has 2 aliphatic rings. The van der Waals surface area contributed by atoms with E-state index < -0.39 is 0 Å². The van der Waals surface area contributed by atoms with E-state index in [2.05, 4.69) is 25.7 Å². The predicted octanol–water partition coefficient (Wildman–Crippen LogP) is 2.60. The normalized spacial score (nSPS) is 21.7. The molecule has 1 amide bonds. The Balaban J connectivity index is 1.29. The number of anilines is 1. The maximum absolute atomic E-state index is 15.2. The van der Waals surface area contributed by atoms with Crippen LogP contribution in [-0.2, 0) is 24.1 Å². The van der Waals surface area contributed by atoms with Gasteiger partial charge in [0.2, 0.25) is 0 Å². The lowest BCUT2D eigenvalue weighted by Gasteiger charge is -2.27. The van der Waals surface area contributed by atoms with Crippen molar-refractivity contribution in [2.75, 3.05) is 38.8 Å². The van der Waals surface area contributed by atoms with E-state index in [4.69, 9.17) is 21.3 Å². The van der Waals surface area contributed by atoms with E-state index in [1.165, 1.54) is 6.07 Å². The molecule has 0 aromatic carbocycles. The number of rotatable bonds is 7. The molecule has 1 saturated heterocycles. The number of aromatic nitrogens is 4. The molecule has 5 rings (SSSR count). The Kier molecular flexibility index (Phi) is 7.09. The number of carbonyl (C=O) groups is 1. The topological polar surface area (TPSA) is 97.2 Å². The largest absolute Gasteiger partial charge is 0.384 e. The highest BCUT2D eigenvalue weighted by Crippen LogP contribution is 2.30. The number of aryl methyl sites for hydroxylation is 2. The SMILES string of the molecule is CCn1cc(Cl)c2cc(C(=O)NC3CCc4nc(N5CC(COC)C(NC)C5)cc(F)c4C3)nnc21. The van der Waals surface area contributed by atoms with Gasteiger partial charge >= 0.3 is 0 Å². The van der Waals surface area contributed by atoms with Gasteiger partial charge in [-0.2, -0.15) is 0 Å². The summed E-state index contributed by atoms with van der Waals surface area (Å²) in [6, 6.07) is 3.22. The van der Waals surface area contributed by atoms with E-state index >= 15 is 4.39 Å². The van der Waals surface area contributed by atoms with Gasteiger partial charge in [-0.3, -0.25) is 4.79 Å². The quantitative estimate of drug-likeness (QED) is 0.499. The molecule has 3 aromatic rings. The van der Waals surface area contributed by atoms with Crippen molar-refractivity contribution in [1.29, 1.82) is 0 Å². The molecule has 9 nitrogen and oxygen atoms in total. The fraction of sp³-hybridized carbons (Fsp3) is 0.520. The highest BCUT2D eigenvalue weighted by molar-refractivity contribution is 6.35. The van der Waals surface area contributed by atoms with Gasteiger partial charge in [0.1, 0.15) is 11.6 Å². The average molecular weight is 516 g/mol. The van der Waals surface area contributed by atoms with E-state index in [0.717, 1.165) is 18.8 Å². The summed E-state index contributed by atoms with van der Waals surface area (Å²) in [4.78, 5) is 19.8. The van der Waals surface area contributed by atoms with Crippen molar-refractivity contribution in [1.82, 2.24) is 30.4 Å². The summed E-state index contributed by atoms with van der Waals surface area (Å²) < 4.78 is 22.5. The first-order valence-corrected chi connectivity index (χ1v) is 12.7. The van der Waals surface area contributed by atoms with Gasteiger partial charge in [-0.15, -0.1) is 10.2 Å². The number of amides is 1. The molecule has 0 saturated carbocycles. The average Bonchev–Trinajstić information content (AvgIpc) is 3.44. The van der Waals surface area contributed by atoms with Crippen LogP contribution in [0.5, 0.6) is 0 Å². The fourth-order valence-electron chi connectivity index (χ4n) is 5.36. The minimum Gasteiger partial charge on any atom is -0.384 e. The van der Waals surface area contributed by atoms with Crippen LogP contribution in [0.2, 0.25) is 5.02 Å². The molecule has 2 N–H and O–H groups in total. The Labute approximate surface area is 214 Å². The highest BCUT2D eigenvalue weighted by Gasteiger charge is 2.34. The van der Waals surface area contributed by atoms with Crippen molar-refractivity contribution in [3.05, 3.63) is 46.1 Å². The van der Waals surface area contributed by atoms with Crippen LogP contribution in [0.15, 0.2) is 18.3 Å². The number of fused-ring (bicyclic) bond motifs is 2. The van der Waals surface area contributed by atoms with Crippen molar-refractivity contribution in [3.8, 4) is 0 Å². The van der Waals surface area contributed by atoms with Gasteiger partial charge in [-0.25, -0.2) is 9.37 Å². The fourth-order valence-corrected chi connectivity index (χ4v) is 5.62. The Morgan fingerprint density at radius 1 is 1.31 bits per heavy atom. The summed E-state index contributed by atoms with van der Waals surface area (Å²) in [6.07, 6.45) is 3.42. The predicted molar refractivity (Wildman–Crippen MR) is 136 cm³/mol. The standard InChI is InChI=1S/C25H31ClFN7O2/c1-4-33-11-18(26)16-8-21(31-32-24(16)33)25(35)29-15-5-6-20-17(7-15)19(27)9-23(30-20)34-10-14(13-36-3)22(12-34)28-2/h8-9,11,14-15,22,28H,4-7,10,12-13H2,1-3H3,(H,29,35). The molecule has 0 bridgehead atoms. The number of hydrogen-bond acceptors (Lipinski definition) is 7. The van der Waals surface area contributed by atoms with Gasteiger partial charge in [0.25, 0.3) is 5.91 Å². The van der Waals surface area contributed by atoms with Crippen LogP contribution in [0.3, 0.4) is 0 Å². The third-order valence-electron chi connectivity index (χ3n) is 7.32. The molecule has 3 aromatic heterocycles. The van der Waals surface area contributed by atoms with Crippen LogP contribution in [0, 0.1) is 11.7 Å². The summed E-state index contributed by atoms with van der Waals surface area (Å²) in [7, 11) is 3.63. The Morgan fingerprint density at radius 2 is 2.14 bits per heavy atom. The van der Waals surface area contributed by atoms with E-state index in [9.17, 15) is 4.79 Å². The van der Waals surface area contributed by atoms with Crippen LogP contribution in [0.25, 0.3) is 11.0 Å². The lowest BCUT2D eigenvalue weighted by Crippen LogP contribution is -2.40. The summed E-state index contributed by atoms with van der Waals surface area (Å²) in [6.45, 7) is 4.85. The van der Waals surface area contributed by atoms with Gasteiger partial charge in [-0.05, 0) is 39.3 Å². The van der Waals surface area contributed by atoms with E-state index in [1.54, 1.807) is 19.4 Å². The minimum absolute atomic E-state index is 0.191. The van der Waals surface area contributed by atoms with E-state index in [-0.39, 0.29) is 29.5 Å². The number of nitrogens with zero attached hydrogens (tertiary/aromatic N) is 5. The lowest BCUT2D eigenvalue weighted by molar-refractivity contribution is 0.0927. The molecule has 0 radical (unpaired) electrons. The van der Waals surface area contributed by atoms with Gasteiger partial charge in [0, 0.05) is 73.7 Å². The minimum atomic E-state index is -0.345. The molecule has 11 heteroatoms. The first kappa shape index (κ1) is 24.9. The van der Waals surface area contributed by atoms with Crippen molar-refractivity contribution >= 4 is 34.4 Å². The Hall–Kier alpha value is -2.82. The third-order valence-corrected chi connectivity index (χ3v) is 7.62. The first-order chi connectivity index (χ1) is 17.4. The van der Waals surface area contributed by atoms with Crippen molar-refractivity contribution < 1.29 is 13.9 Å². The summed E-state index contributed by atoms with van der Waals surface area (Å²) >= 11 is 6.32. The zero-order valence-corrected chi connectivity index (χ0v) is 21.5. The van der Waals surface area contributed by atoms with Gasteiger partial charge in [-0.1, -0.05) is 11.6 Å². The van der Waals surface area contributed by atoms with Crippen molar-refractivity contribution in [2.45, 2.75) is 44.8 Å². The van der Waals surface area contributed by atoms with Crippen LogP contribution in [0.1, 0.15) is 35.1 Å². The number of carbonyl (C=O) groups excluding carboxylic acids is 1. The number of likely N-dealkylation sites (N-methyl/N-ethyl adjacent to an activating group) is 1. The van der Waals surface area contributed by atoms with E-state index in [0.29, 0.717) is 65.8 Å². The number of methoxy groups -OCH3 is 1. The number of ether oxygens (including phenoxy) is 1. The zero-order chi connectivity index (χ0) is 25.4. The third kappa shape index (κ3) is 4.65. The van der Waals surface area contributed by atoms with Crippen molar-refractivity contribution in [2.24, 2.45) is 5.92 Å². The number of pyridine rings is 1. The highest BCUT2D eigenvalue weighted by atomic mass is 35.5. The van der Waals surface area contributed by atoms with Crippen LogP contribution in [-0.4, -0.2) is 71.6 Å². The lowest BCUT2D eigenvalue weighted by atomic mass is 9.91. The molecule has 4 heterocycles. The second kappa shape index (κ2) is 10.3. The molecule has 1 fully saturated rings. The van der Waals surface area contributed by atoms with Crippen LogP contribution < -0.4 is 15.5 Å². The van der Waals surface area contributed by atoms with Crippen LogP contribution in [0.4, 0.5) is 10.2 Å². The molecular formula is C25H31ClFN7O2. The molecule has 3 unspecified atom stereocenters. The molecule has 0 spiro atoms. The first-order valence-electron chi connectivity index (χ1n) is 12.3. The number of hydrogen-bond donors (Lipinski definition) is 2. The molecule has 3 atom stereocenters. The Morgan fingerprint density at radius 3 is 2.89 bits per heavy atom. The van der Waals surface area contributed by atoms with E-state index in [1.807, 2.05) is 18.5 Å². The summed E-state index contributed by atoms with van der Waals surface area (Å²) in [5.74, 6) is 0.354.